The largest absolute Gasteiger partial charge is 0.573 e. The van der Waals surface area contributed by atoms with Crippen molar-refractivity contribution in [1.82, 2.24) is 0 Å². The summed E-state index contributed by atoms with van der Waals surface area (Å²) in [5.41, 5.74) is 0.999. The Morgan fingerprint density at radius 3 is 2.29 bits per heavy atom. The number of amides is 1. The number of fused-ring (bicyclic) bond motifs is 1. The highest BCUT2D eigenvalue weighted by Crippen LogP contribution is 2.52. The van der Waals surface area contributed by atoms with E-state index < -0.39 is 23.8 Å². The van der Waals surface area contributed by atoms with Crippen molar-refractivity contribution < 1.29 is 32.6 Å². The maximum Gasteiger partial charge on any atom is 0.573 e. The summed E-state index contributed by atoms with van der Waals surface area (Å²) in [5.74, 6) is -1.79. The second kappa shape index (κ2) is 6.25. The smallest absolute Gasteiger partial charge is 0.480 e. The van der Waals surface area contributed by atoms with Gasteiger partial charge in [-0.2, -0.15) is 0 Å². The molecule has 0 radical (unpaired) electrons. The lowest BCUT2D eigenvalue weighted by Crippen LogP contribution is -2.47. The number of anilines is 1. The summed E-state index contributed by atoms with van der Waals surface area (Å²) in [5, 5.41) is 9.59. The fourth-order valence-corrected chi connectivity index (χ4v) is 3.79. The van der Waals surface area contributed by atoms with E-state index >= 15 is 0 Å². The van der Waals surface area contributed by atoms with Gasteiger partial charge in [0.05, 0.1) is 5.41 Å². The predicted octanol–water partition coefficient (Wildman–Crippen LogP) is 3.66. The van der Waals surface area contributed by atoms with Crippen LogP contribution in [0.5, 0.6) is 5.75 Å². The normalized spacial score (nSPS) is 19.8. The molecule has 1 atom stereocenters. The highest BCUT2D eigenvalue weighted by atomic mass is 19.4. The van der Waals surface area contributed by atoms with Gasteiger partial charge in [0.25, 0.3) is 0 Å². The monoisotopic (exact) mass is 391 g/mol. The minimum absolute atomic E-state index is 0.228. The van der Waals surface area contributed by atoms with Crippen molar-refractivity contribution in [3.8, 4) is 5.75 Å². The van der Waals surface area contributed by atoms with Crippen LogP contribution >= 0.6 is 0 Å². The van der Waals surface area contributed by atoms with Crippen molar-refractivity contribution in [2.75, 3.05) is 4.90 Å². The third kappa shape index (κ3) is 3.08. The number of nitrogens with zero attached hydrogens (tertiary/aromatic N) is 1. The lowest BCUT2D eigenvalue weighted by molar-refractivity contribution is -0.274. The lowest BCUT2D eigenvalue weighted by Gasteiger charge is -2.28. The van der Waals surface area contributed by atoms with Gasteiger partial charge in [0.2, 0.25) is 5.91 Å². The highest BCUT2D eigenvalue weighted by Gasteiger charge is 2.56. The Kier molecular flexibility index (Phi) is 4.10. The first kappa shape index (κ1) is 18.3. The topological polar surface area (TPSA) is 66.8 Å². The number of halogens is 3. The first-order chi connectivity index (χ1) is 13.2. The molecule has 1 saturated carbocycles. The van der Waals surface area contributed by atoms with Gasteiger partial charge in [0, 0.05) is 12.1 Å². The SMILES string of the molecule is O=C(O)C1Cc2ccccc2N1C(=O)C1(c2ccc(OC(F)(F)F)cc2)CC1. The van der Waals surface area contributed by atoms with Gasteiger partial charge in [0.1, 0.15) is 11.8 Å². The number of carboxylic acids is 1. The standard InChI is InChI=1S/C20H16F3NO4/c21-20(22,23)28-14-7-5-13(6-8-14)19(9-10-19)18(27)24-15-4-2-1-3-12(15)11-16(24)17(25)26/h1-8,16H,9-11H2,(H,25,26). The van der Waals surface area contributed by atoms with Crippen LogP contribution in [0.3, 0.4) is 0 Å². The number of carboxylic acid groups (broad SMARTS) is 1. The van der Waals surface area contributed by atoms with Crippen molar-refractivity contribution in [3.05, 3.63) is 59.7 Å². The molecule has 0 saturated heterocycles. The summed E-state index contributed by atoms with van der Waals surface area (Å²) in [4.78, 5) is 26.4. The van der Waals surface area contributed by atoms with Crippen molar-refractivity contribution in [3.63, 3.8) is 0 Å². The van der Waals surface area contributed by atoms with Crippen LogP contribution in [-0.4, -0.2) is 29.4 Å². The van der Waals surface area contributed by atoms with E-state index in [1.165, 1.54) is 29.2 Å². The van der Waals surface area contributed by atoms with E-state index in [1.54, 1.807) is 24.3 Å². The van der Waals surface area contributed by atoms with Crippen LogP contribution < -0.4 is 9.64 Å². The van der Waals surface area contributed by atoms with Gasteiger partial charge in [0.15, 0.2) is 0 Å². The number of hydrogen-bond donors (Lipinski definition) is 1. The number of ether oxygens (including phenoxy) is 1. The van der Waals surface area contributed by atoms with Gasteiger partial charge in [-0.25, -0.2) is 4.79 Å². The zero-order valence-electron chi connectivity index (χ0n) is 14.6. The molecular formula is C20H16F3NO4. The number of carbonyl (C=O) groups is 2. The first-order valence-corrected chi connectivity index (χ1v) is 8.72. The molecule has 4 rings (SSSR count). The maximum atomic E-state index is 13.4. The van der Waals surface area contributed by atoms with Crippen LogP contribution in [0.25, 0.3) is 0 Å². The summed E-state index contributed by atoms with van der Waals surface area (Å²) < 4.78 is 40.9. The Balaban J connectivity index is 1.64. The van der Waals surface area contributed by atoms with Gasteiger partial charge in [-0.15, -0.1) is 13.2 Å². The number of hydrogen-bond acceptors (Lipinski definition) is 3. The number of para-hydroxylation sites is 1. The molecule has 2 aromatic rings. The van der Waals surface area contributed by atoms with Crippen molar-refractivity contribution in [1.29, 1.82) is 0 Å². The summed E-state index contributed by atoms with van der Waals surface area (Å²) in [6.45, 7) is 0. The lowest BCUT2D eigenvalue weighted by atomic mass is 9.93. The fraction of sp³-hybridized carbons (Fsp3) is 0.300. The molecule has 1 unspecified atom stereocenters. The third-order valence-corrected chi connectivity index (χ3v) is 5.28. The molecule has 0 spiro atoms. The highest BCUT2D eigenvalue weighted by molar-refractivity contribution is 6.08. The van der Waals surface area contributed by atoms with Crippen molar-refractivity contribution in [2.45, 2.75) is 37.1 Å². The Morgan fingerprint density at radius 2 is 1.71 bits per heavy atom. The van der Waals surface area contributed by atoms with E-state index in [9.17, 15) is 27.9 Å². The minimum Gasteiger partial charge on any atom is -0.480 e. The molecule has 1 aliphatic heterocycles. The Bertz CT molecular complexity index is 935. The predicted molar refractivity (Wildman–Crippen MR) is 93.1 cm³/mol. The Morgan fingerprint density at radius 1 is 1.07 bits per heavy atom. The molecule has 1 aliphatic carbocycles. The molecule has 1 N–H and O–H groups in total. The number of alkyl halides is 3. The molecule has 1 fully saturated rings. The van der Waals surface area contributed by atoms with Gasteiger partial charge in [-0.05, 0) is 42.2 Å². The van der Waals surface area contributed by atoms with Crippen LogP contribution in [0.4, 0.5) is 18.9 Å². The van der Waals surface area contributed by atoms with Crippen LogP contribution in [-0.2, 0) is 21.4 Å². The number of rotatable bonds is 4. The molecule has 2 aliphatic rings. The van der Waals surface area contributed by atoms with E-state index in [0.29, 0.717) is 24.1 Å². The van der Waals surface area contributed by atoms with E-state index in [-0.39, 0.29) is 18.1 Å². The van der Waals surface area contributed by atoms with E-state index in [1.807, 2.05) is 0 Å². The molecule has 146 valence electrons. The molecule has 1 amide bonds. The molecule has 2 aromatic carbocycles. The van der Waals surface area contributed by atoms with Gasteiger partial charge in [-0.3, -0.25) is 9.69 Å². The molecule has 0 aromatic heterocycles. The molecule has 0 bridgehead atoms. The van der Waals surface area contributed by atoms with Crippen LogP contribution in [0.2, 0.25) is 0 Å². The van der Waals surface area contributed by atoms with Crippen molar-refractivity contribution >= 4 is 17.6 Å². The minimum atomic E-state index is -4.79. The zero-order chi connectivity index (χ0) is 20.1. The average Bonchev–Trinajstić information content (AvgIpc) is 3.34. The second-order valence-corrected chi connectivity index (χ2v) is 7.02. The number of benzene rings is 2. The molecule has 8 heteroatoms. The second-order valence-electron chi connectivity index (χ2n) is 7.02. The Hall–Kier alpha value is -3.03. The van der Waals surface area contributed by atoms with E-state index in [2.05, 4.69) is 4.74 Å². The van der Waals surface area contributed by atoms with E-state index in [0.717, 1.165) is 5.56 Å². The van der Waals surface area contributed by atoms with Gasteiger partial charge in [-0.1, -0.05) is 30.3 Å². The van der Waals surface area contributed by atoms with E-state index in [4.69, 9.17) is 0 Å². The summed E-state index contributed by atoms with van der Waals surface area (Å²) in [7, 11) is 0. The molecular weight excluding hydrogens is 375 g/mol. The van der Waals surface area contributed by atoms with Gasteiger partial charge >= 0.3 is 12.3 Å². The first-order valence-electron chi connectivity index (χ1n) is 8.72. The summed E-state index contributed by atoms with van der Waals surface area (Å²) in [6, 6.07) is 11.3. The van der Waals surface area contributed by atoms with Crippen LogP contribution in [0, 0.1) is 0 Å². The zero-order valence-corrected chi connectivity index (χ0v) is 14.6. The average molecular weight is 391 g/mol. The molecule has 5 nitrogen and oxygen atoms in total. The summed E-state index contributed by atoms with van der Waals surface area (Å²) in [6.07, 6.45) is -3.54. The molecule has 28 heavy (non-hydrogen) atoms. The third-order valence-electron chi connectivity index (χ3n) is 5.28. The molecule has 1 heterocycles. The number of carbonyl (C=O) groups excluding carboxylic acids is 1. The number of aliphatic carboxylic acids is 1. The van der Waals surface area contributed by atoms with Crippen LogP contribution in [0.1, 0.15) is 24.0 Å². The van der Waals surface area contributed by atoms with Crippen LogP contribution in [0.15, 0.2) is 48.5 Å². The summed E-state index contributed by atoms with van der Waals surface area (Å²) >= 11 is 0. The fourth-order valence-electron chi connectivity index (χ4n) is 3.79. The maximum absolute atomic E-state index is 13.4. The van der Waals surface area contributed by atoms with Gasteiger partial charge < -0.3 is 9.84 Å². The van der Waals surface area contributed by atoms with Crippen molar-refractivity contribution in [2.24, 2.45) is 0 Å². The quantitative estimate of drug-likeness (QED) is 0.864. The Labute approximate surface area is 158 Å².